The lowest BCUT2D eigenvalue weighted by molar-refractivity contribution is 0.0926. The van der Waals surface area contributed by atoms with Crippen molar-refractivity contribution in [1.29, 1.82) is 0 Å². The fourth-order valence-corrected chi connectivity index (χ4v) is 4.20. The van der Waals surface area contributed by atoms with Gasteiger partial charge in [0, 0.05) is 0 Å². The highest BCUT2D eigenvalue weighted by molar-refractivity contribution is 7.18. The Morgan fingerprint density at radius 1 is 1.13 bits per heavy atom. The number of H-pyrrole nitrogens is 1. The molecule has 1 atom stereocenters. The van der Waals surface area contributed by atoms with Crippen LogP contribution in [0.3, 0.4) is 0 Å². The Labute approximate surface area is 177 Å². The highest BCUT2D eigenvalue weighted by Crippen LogP contribution is 2.29. The third-order valence-electron chi connectivity index (χ3n) is 4.76. The molecular weight excluding hydrogens is 400 g/mol. The lowest BCUT2D eigenvalue weighted by Gasteiger charge is -2.20. The highest BCUT2D eigenvalue weighted by atomic mass is 32.1. The van der Waals surface area contributed by atoms with Crippen LogP contribution < -0.4 is 10.6 Å². The van der Waals surface area contributed by atoms with Gasteiger partial charge in [-0.15, -0.1) is 11.3 Å². The molecule has 30 heavy (non-hydrogen) atoms. The van der Waals surface area contributed by atoms with E-state index in [1.807, 2.05) is 45.0 Å². The fraction of sp³-hybridized carbons (Fsp3) is 0.227. The molecule has 0 bridgehead atoms. The van der Waals surface area contributed by atoms with Crippen molar-refractivity contribution in [2.75, 3.05) is 5.32 Å². The number of amides is 2. The number of rotatable bonds is 6. The van der Waals surface area contributed by atoms with E-state index in [-0.39, 0.29) is 29.5 Å². The first-order chi connectivity index (χ1) is 14.4. The minimum Gasteiger partial charge on any atom is -0.459 e. The van der Waals surface area contributed by atoms with E-state index in [1.165, 1.54) is 17.6 Å². The summed E-state index contributed by atoms with van der Waals surface area (Å²) in [6, 6.07) is 12.5. The number of furan rings is 1. The summed E-state index contributed by atoms with van der Waals surface area (Å²) in [6.45, 7) is 5.92. The lowest BCUT2D eigenvalue weighted by atomic mass is 10.0. The third-order valence-corrected chi connectivity index (χ3v) is 5.91. The lowest BCUT2D eigenvalue weighted by Crippen LogP contribution is -2.32. The van der Waals surface area contributed by atoms with Crippen LogP contribution in [0.15, 0.2) is 53.1 Å². The molecule has 8 heteroatoms. The zero-order chi connectivity index (χ0) is 21.3. The number of hydrogen-bond donors (Lipinski definition) is 3. The van der Waals surface area contributed by atoms with Crippen LogP contribution >= 0.6 is 11.3 Å². The topological polar surface area (TPSA) is 100 Å². The SMILES string of the molecule is Cc1cc(NC(=O)c2ccco2)sc1C(=O)N[C@H](c1nc2ccccc2[nH]1)C(C)C. The number of para-hydroxylation sites is 2. The molecule has 0 aliphatic rings. The van der Waals surface area contributed by atoms with Gasteiger partial charge >= 0.3 is 0 Å². The van der Waals surface area contributed by atoms with E-state index in [0.29, 0.717) is 9.88 Å². The number of anilines is 1. The van der Waals surface area contributed by atoms with Crippen molar-refractivity contribution in [1.82, 2.24) is 15.3 Å². The molecule has 2 amide bonds. The molecule has 0 aliphatic heterocycles. The molecule has 3 N–H and O–H groups in total. The number of hydrogen-bond acceptors (Lipinski definition) is 5. The zero-order valence-electron chi connectivity index (χ0n) is 16.9. The molecule has 3 heterocycles. The van der Waals surface area contributed by atoms with Crippen molar-refractivity contribution in [3.8, 4) is 0 Å². The smallest absolute Gasteiger partial charge is 0.291 e. The molecule has 0 aliphatic carbocycles. The number of imidazole rings is 1. The number of benzene rings is 1. The van der Waals surface area contributed by atoms with Crippen LogP contribution in [0, 0.1) is 12.8 Å². The molecule has 3 aromatic heterocycles. The molecule has 4 rings (SSSR count). The quantitative estimate of drug-likeness (QED) is 0.411. The Morgan fingerprint density at radius 3 is 2.63 bits per heavy atom. The van der Waals surface area contributed by atoms with Crippen LogP contribution in [0.1, 0.15) is 51.5 Å². The average molecular weight is 423 g/mol. The maximum atomic E-state index is 13.0. The molecule has 0 spiro atoms. The number of carbonyl (C=O) groups excluding carboxylic acids is 2. The summed E-state index contributed by atoms with van der Waals surface area (Å²) in [4.78, 5) is 33.7. The largest absolute Gasteiger partial charge is 0.459 e. The first-order valence-corrected chi connectivity index (χ1v) is 10.4. The van der Waals surface area contributed by atoms with Gasteiger partial charge in [0.05, 0.1) is 33.2 Å². The van der Waals surface area contributed by atoms with E-state index >= 15 is 0 Å². The van der Waals surface area contributed by atoms with Crippen molar-refractivity contribution in [3.63, 3.8) is 0 Å². The summed E-state index contributed by atoms with van der Waals surface area (Å²) in [6.07, 6.45) is 1.44. The van der Waals surface area contributed by atoms with Crippen LogP contribution in [0.25, 0.3) is 11.0 Å². The second-order valence-electron chi connectivity index (χ2n) is 7.39. The number of fused-ring (bicyclic) bond motifs is 1. The number of carbonyl (C=O) groups is 2. The predicted molar refractivity (Wildman–Crippen MR) is 117 cm³/mol. The van der Waals surface area contributed by atoms with Crippen molar-refractivity contribution in [2.45, 2.75) is 26.8 Å². The predicted octanol–water partition coefficient (Wildman–Crippen LogP) is 4.91. The molecule has 0 radical (unpaired) electrons. The second kappa shape index (κ2) is 8.16. The molecular formula is C22H22N4O3S. The maximum Gasteiger partial charge on any atom is 0.291 e. The van der Waals surface area contributed by atoms with E-state index < -0.39 is 0 Å². The highest BCUT2D eigenvalue weighted by Gasteiger charge is 2.24. The summed E-state index contributed by atoms with van der Waals surface area (Å²) in [5.41, 5.74) is 2.59. The second-order valence-corrected chi connectivity index (χ2v) is 8.44. The normalized spacial score (nSPS) is 12.3. The molecule has 0 unspecified atom stereocenters. The van der Waals surface area contributed by atoms with Crippen molar-refractivity contribution in [3.05, 3.63) is 70.8 Å². The van der Waals surface area contributed by atoms with Crippen LogP contribution in [-0.2, 0) is 0 Å². The summed E-state index contributed by atoms with van der Waals surface area (Å²) < 4.78 is 5.11. The first-order valence-electron chi connectivity index (χ1n) is 9.63. The minimum atomic E-state index is -0.351. The van der Waals surface area contributed by atoms with Crippen LogP contribution in [-0.4, -0.2) is 21.8 Å². The van der Waals surface area contributed by atoms with Crippen molar-refractivity contribution < 1.29 is 14.0 Å². The van der Waals surface area contributed by atoms with Gasteiger partial charge in [0.2, 0.25) is 0 Å². The first kappa shape index (κ1) is 19.9. The summed E-state index contributed by atoms with van der Waals surface area (Å²) in [5, 5.41) is 6.45. The van der Waals surface area contributed by atoms with Gasteiger partial charge in [-0.25, -0.2) is 4.98 Å². The number of nitrogens with zero attached hydrogens (tertiary/aromatic N) is 1. The molecule has 0 saturated carbocycles. The summed E-state index contributed by atoms with van der Waals surface area (Å²) in [7, 11) is 0. The summed E-state index contributed by atoms with van der Waals surface area (Å²) >= 11 is 1.23. The monoisotopic (exact) mass is 422 g/mol. The van der Waals surface area contributed by atoms with Gasteiger partial charge in [-0.1, -0.05) is 26.0 Å². The minimum absolute atomic E-state index is 0.132. The molecule has 0 saturated heterocycles. The van der Waals surface area contributed by atoms with E-state index in [1.54, 1.807) is 18.2 Å². The third kappa shape index (κ3) is 3.99. The van der Waals surface area contributed by atoms with E-state index in [0.717, 1.165) is 22.4 Å². The Balaban J connectivity index is 1.53. The standard InChI is InChI=1S/C22H22N4O3S/c1-12(2)18(20-23-14-7-4-5-8-15(14)24-20)26-22(28)19-13(3)11-17(30-19)25-21(27)16-9-6-10-29-16/h4-12,18H,1-3H3,(H,23,24)(H,25,27)(H,26,28)/t18-/m0/s1. The van der Waals surface area contributed by atoms with Crippen molar-refractivity contribution >= 4 is 39.2 Å². The summed E-state index contributed by atoms with van der Waals surface area (Å²) in [5.74, 6) is 0.524. The number of aromatic nitrogens is 2. The van der Waals surface area contributed by atoms with Crippen LogP contribution in [0.2, 0.25) is 0 Å². The zero-order valence-corrected chi connectivity index (χ0v) is 17.7. The van der Waals surface area contributed by atoms with E-state index in [4.69, 9.17) is 4.42 Å². The van der Waals surface area contributed by atoms with Crippen LogP contribution in [0.5, 0.6) is 0 Å². The number of aryl methyl sites for hydroxylation is 1. The van der Waals surface area contributed by atoms with Gasteiger partial charge in [0.25, 0.3) is 11.8 Å². The number of aromatic amines is 1. The number of nitrogens with one attached hydrogen (secondary N) is 3. The van der Waals surface area contributed by atoms with E-state index in [9.17, 15) is 9.59 Å². The number of thiophene rings is 1. The van der Waals surface area contributed by atoms with Gasteiger partial charge in [-0.05, 0) is 48.7 Å². The van der Waals surface area contributed by atoms with Crippen molar-refractivity contribution in [2.24, 2.45) is 5.92 Å². The molecule has 154 valence electrons. The average Bonchev–Trinajstić information content (AvgIpc) is 3.45. The van der Waals surface area contributed by atoms with Gasteiger partial charge in [0.1, 0.15) is 5.82 Å². The van der Waals surface area contributed by atoms with Gasteiger partial charge in [-0.2, -0.15) is 0 Å². The molecule has 4 aromatic rings. The molecule has 7 nitrogen and oxygen atoms in total. The molecule has 0 fully saturated rings. The maximum absolute atomic E-state index is 13.0. The van der Waals surface area contributed by atoms with Crippen LogP contribution in [0.4, 0.5) is 5.00 Å². The Morgan fingerprint density at radius 2 is 1.93 bits per heavy atom. The Hall–Kier alpha value is -3.39. The van der Waals surface area contributed by atoms with Gasteiger partial charge in [0.15, 0.2) is 5.76 Å². The Kier molecular flexibility index (Phi) is 5.41. The van der Waals surface area contributed by atoms with Gasteiger partial charge < -0.3 is 20.0 Å². The van der Waals surface area contributed by atoms with E-state index in [2.05, 4.69) is 20.6 Å². The molecule has 1 aromatic carbocycles. The Bertz CT molecular complexity index is 1160. The fourth-order valence-electron chi connectivity index (χ4n) is 3.23. The van der Waals surface area contributed by atoms with Gasteiger partial charge in [-0.3, -0.25) is 9.59 Å².